The second-order valence-electron chi connectivity index (χ2n) is 32.7. The molecule has 20 rings (SSSR count). The monoisotopic (exact) mass is 1870 g/mol. The van der Waals surface area contributed by atoms with Gasteiger partial charge in [-0.05, 0) is 107 Å². The Kier molecular flexibility index (Phi) is 26.4. The number of anilines is 3. The summed E-state index contributed by atoms with van der Waals surface area (Å²) >= 11 is 19.1. The number of fused-ring (bicyclic) bond motifs is 8. The molecule has 4 saturated heterocycles. The normalized spacial score (nSPS) is 16.7. The lowest BCUT2D eigenvalue weighted by atomic mass is 9.98. The van der Waals surface area contributed by atoms with Crippen LogP contribution in [0.2, 0.25) is 15.1 Å². The molecule has 0 spiro atoms. The number of rotatable bonds is 22. The number of amides is 3. The Morgan fingerprint density at radius 3 is 1.23 bits per heavy atom. The number of nitrogens with zero attached hydrogens (tertiary/aromatic N) is 21. The summed E-state index contributed by atoms with van der Waals surface area (Å²) in [5.41, 5.74) is 7.02. The summed E-state index contributed by atoms with van der Waals surface area (Å²) in [6.07, 6.45) is 14.4. The maximum atomic E-state index is 14.8. The molecule has 3 N–H and O–H groups in total. The molecule has 40 heteroatoms. The van der Waals surface area contributed by atoms with Crippen LogP contribution in [0.1, 0.15) is 49.9 Å². The minimum atomic E-state index is -0.665. The van der Waals surface area contributed by atoms with Gasteiger partial charge in [-0.15, -0.1) is 0 Å². The standard InChI is InChI=1S/C33H32ClFN8O3.C32H30ClFN8O3.C28H30ClFN8O4/c1-4-27(44)41-12-14-42(15-13-41)31-22-8-10-36-32(46-30-23-17-37-40-25(23)16-24(35)28(30)34)29(22)38-33(39-31)45-26-7-5-6-20-18-43(19(2)3)11-9-21(20)26;1-3-26(43)41-12-14-42(15-13-41)30-21-8-10-35-31(45-29-22-17-36-39-24(22)16-23(34)27(29)33)28(21)37-32(38-30)44-25-7-5-6-19-18-40(4-2)11-9-20(19)25;1-4-22(39)37-8-10-38(11-9-37)26-16-6-7-31-27(42-25-17-13-32-35-19(17)12-18(30)23(25)29)24(16)33-28(34-26)41-21-15-36(3)14-20(21)40-5-2/h4-8,10,16-17,19H,1,9,11-15,18H2,2-3H3,(H,37,40);3,5-8,10,16-17H,1,4,9,11-15,18H2,2H3,(H,36,39);4,6-7,12-13,20-21H,1,5,8-11,14-15H2,2-3H3,(H,32,35)/t;;20-,21-/m..1/s1. The van der Waals surface area contributed by atoms with Crippen LogP contribution < -0.4 is 43.1 Å². The smallest absolute Gasteiger partial charge is 0.324 e. The van der Waals surface area contributed by atoms with Crippen LogP contribution in [0.3, 0.4) is 0 Å². The van der Waals surface area contributed by atoms with Gasteiger partial charge in [-0.3, -0.25) is 44.4 Å². The predicted octanol–water partition coefficient (Wildman–Crippen LogP) is 14.8. The number of pyridine rings is 3. The Balaban J connectivity index is 0.000000134. The summed E-state index contributed by atoms with van der Waals surface area (Å²) in [4.78, 5) is 97.4. The zero-order chi connectivity index (χ0) is 92.4. The maximum Gasteiger partial charge on any atom is 0.324 e. The topological polar surface area (TPSA) is 347 Å². The van der Waals surface area contributed by atoms with Crippen molar-refractivity contribution in [2.75, 3.05) is 140 Å². The first-order valence-corrected chi connectivity index (χ1v) is 44.7. The molecule has 6 aliphatic rings. The first-order chi connectivity index (χ1) is 64.6. The highest BCUT2D eigenvalue weighted by molar-refractivity contribution is 6.34. The van der Waals surface area contributed by atoms with E-state index >= 15 is 0 Å². The van der Waals surface area contributed by atoms with E-state index in [0.717, 1.165) is 56.7 Å². The molecule has 0 aliphatic carbocycles. The van der Waals surface area contributed by atoms with Gasteiger partial charge in [0.2, 0.25) is 35.4 Å². The van der Waals surface area contributed by atoms with Crippen molar-refractivity contribution in [2.24, 2.45) is 0 Å². The van der Waals surface area contributed by atoms with E-state index in [0.29, 0.717) is 199 Å². The zero-order valence-electron chi connectivity index (χ0n) is 73.3. The average Bonchev–Trinajstić information content (AvgIpc) is 1.72. The Morgan fingerprint density at radius 1 is 0.474 bits per heavy atom. The molecular formula is C93H92Cl3F3N24O10. The van der Waals surface area contributed by atoms with Gasteiger partial charge in [-0.1, -0.05) is 85.7 Å². The molecule has 0 unspecified atom stereocenters. The van der Waals surface area contributed by atoms with Crippen LogP contribution >= 0.6 is 34.8 Å². The highest BCUT2D eigenvalue weighted by atomic mass is 35.5. The first-order valence-electron chi connectivity index (χ1n) is 43.6. The number of carbonyl (C=O) groups excluding carboxylic acids is 3. The number of aromatic nitrogens is 15. The van der Waals surface area contributed by atoms with E-state index in [1.54, 1.807) is 51.5 Å². The summed E-state index contributed by atoms with van der Waals surface area (Å²) in [5.74, 6) is 1.36. The molecule has 4 fully saturated rings. The number of halogens is 6. The van der Waals surface area contributed by atoms with Gasteiger partial charge in [-0.2, -0.15) is 45.2 Å². The lowest BCUT2D eigenvalue weighted by Gasteiger charge is -2.35. The summed E-state index contributed by atoms with van der Waals surface area (Å²) in [5, 5.41) is 23.1. The third kappa shape index (κ3) is 18.6. The molecule has 15 heterocycles. The molecule has 0 bridgehead atoms. The second kappa shape index (κ2) is 39.0. The van der Waals surface area contributed by atoms with Crippen LogP contribution in [0.25, 0.3) is 65.4 Å². The minimum Gasteiger partial charge on any atom is -0.456 e. The quantitative estimate of drug-likeness (QED) is 0.0531. The van der Waals surface area contributed by atoms with Crippen molar-refractivity contribution in [3.63, 3.8) is 0 Å². The van der Waals surface area contributed by atoms with Gasteiger partial charge in [0.05, 0.1) is 67.5 Å². The third-order valence-corrected chi connectivity index (χ3v) is 25.4. The number of H-pyrrole nitrogens is 3. The van der Waals surface area contributed by atoms with E-state index in [4.69, 9.17) is 97.9 Å². The number of likely N-dealkylation sites (tertiary alicyclic amines) is 1. The van der Waals surface area contributed by atoms with Crippen LogP contribution in [0.5, 0.6) is 64.4 Å². The first kappa shape index (κ1) is 89.9. The Bertz CT molecular complexity index is 6830. The second-order valence-corrected chi connectivity index (χ2v) is 33.8. The molecular weight excluding hydrogens is 1780 g/mol. The predicted molar refractivity (Wildman–Crippen MR) is 497 cm³/mol. The molecule has 2 atom stereocenters. The minimum absolute atomic E-state index is 0.0634. The van der Waals surface area contributed by atoms with Crippen LogP contribution in [-0.2, 0) is 45.1 Å². The van der Waals surface area contributed by atoms with E-state index in [1.807, 2.05) is 38.2 Å². The largest absolute Gasteiger partial charge is 0.456 e. The third-order valence-electron chi connectivity index (χ3n) is 24.4. The van der Waals surface area contributed by atoms with Gasteiger partial charge in [0.15, 0.2) is 17.2 Å². The van der Waals surface area contributed by atoms with E-state index in [1.165, 1.54) is 66.1 Å². The van der Waals surface area contributed by atoms with E-state index in [2.05, 4.69) is 128 Å². The lowest BCUT2D eigenvalue weighted by Crippen LogP contribution is -2.48. The number of carbonyl (C=O) groups is 3. The van der Waals surface area contributed by atoms with E-state index in [9.17, 15) is 27.6 Å². The number of aromatic amines is 3. The fourth-order valence-electron chi connectivity index (χ4n) is 17.4. The molecule has 686 valence electrons. The van der Waals surface area contributed by atoms with Crippen LogP contribution in [0, 0.1) is 17.5 Å². The Morgan fingerprint density at radius 2 is 0.850 bits per heavy atom. The number of likely N-dealkylation sites (N-methyl/N-ethyl adjacent to an activating group) is 2. The summed E-state index contributed by atoms with van der Waals surface area (Å²) < 4.78 is 88.0. The molecule has 0 saturated carbocycles. The van der Waals surface area contributed by atoms with Gasteiger partial charge in [0.1, 0.15) is 90.2 Å². The van der Waals surface area contributed by atoms with Crippen molar-refractivity contribution in [1.82, 2.24) is 105 Å². The summed E-state index contributed by atoms with van der Waals surface area (Å²) in [7, 11) is 2.00. The molecule has 3 amide bonds. The van der Waals surface area contributed by atoms with Crippen LogP contribution in [-0.4, -0.2) is 266 Å². The Hall–Kier alpha value is -13.7. The summed E-state index contributed by atoms with van der Waals surface area (Å²) in [6, 6.07) is 22.0. The molecule has 0 radical (unpaired) electrons. The average molecular weight is 1870 g/mol. The number of benzene rings is 5. The fraction of sp³-hybridized carbons (Fsp3) is 0.323. The Labute approximate surface area is 775 Å². The molecule has 14 aromatic rings. The molecule has 9 aromatic heterocycles. The van der Waals surface area contributed by atoms with Gasteiger partial charge >= 0.3 is 18.0 Å². The number of nitrogens with one attached hydrogen (secondary N) is 3. The van der Waals surface area contributed by atoms with E-state index in [-0.39, 0.29) is 97.9 Å². The molecule has 34 nitrogen and oxygen atoms in total. The van der Waals surface area contributed by atoms with Gasteiger partial charge in [0, 0.05) is 178 Å². The maximum absolute atomic E-state index is 14.8. The van der Waals surface area contributed by atoms with Gasteiger partial charge < -0.3 is 62.6 Å². The zero-order valence-corrected chi connectivity index (χ0v) is 75.5. The van der Waals surface area contributed by atoms with Crippen molar-refractivity contribution in [2.45, 2.75) is 71.9 Å². The van der Waals surface area contributed by atoms with Gasteiger partial charge in [0.25, 0.3) is 0 Å². The number of piperazine rings is 3. The summed E-state index contributed by atoms with van der Waals surface area (Å²) in [6.45, 7) is 31.9. The van der Waals surface area contributed by atoms with Gasteiger partial charge in [-0.25, -0.2) is 28.1 Å². The molecule has 5 aromatic carbocycles. The molecule has 133 heavy (non-hydrogen) atoms. The van der Waals surface area contributed by atoms with Crippen LogP contribution in [0.4, 0.5) is 30.6 Å². The van der Waals surface area contributed by atoms with Crippen molar-refractivity contribution in [3.8, 4) is 64.4 Å². The van der Waals surface area contributed by atoms with Crippen molar-refractivity contribution >= 4 is 135 Å². The lowest BCUT2D eigenvalue weighted by molar-refractivity contribution is -0.127. The van der Waals surface area contributed by atoms with Crippen molar-refractivity contribution < 1.29 is 60.7 Å². The highest BCUT2D eigenvalue weighted by Gasteiger charge is 2.37. The number of hydrogen-bond acceptors (Lipinski definition) is 28. The highest BCUT2D eigenvalue weighted by Crippen LogP contribution is 2.47. The number of ether oxygens (including phenoxy) is 7. The number of hydrogen-bond donors (Lipinski definition) is 3. The fourth-order valence-corrected chi connectivity index (χ4v) is 17.9. The molecule has 6 aliphatic heterocycles. The van der Waals surface area contributed by atoms with E-state index < -0.39 is 17.5 Å². The van der Waals surface area contributed by atoms with Crippen molar-refractivity contribution in [3.05, 3.63) is 203 Å². The SMILES string of the molecule is C=CC(=O)N1CCN(c2nc(O[C@@H]3CN(C)C[C@H]3OCC)nc3c(Oc4c(Cl)c(F)cc5[nH]ncc45)nccc23)CC1.C=CC(=O)N1CCN(c2nc(Oc3cccc4c3CCN(C(C)C)C4)nc3c(Oc4c(Cl)c(F)cc5[nH]ncc45)nccc23)CC1.C=CC(=O)N1CCN(c2nc(Oc3cccc4c3CCN(CC)C4)nc3c(Oc4c(Cl)c(F)cc5[nH]ncc45)nccc23)CC1. The van der Waals surface area contributed by atoms with Crippen LogP contribution in [0.15, 0.2) is 148 Å². The van der Waals surface area contributed by atoms with Crippen molar-refractivity contribution in [1.29, 1.82) is 0 Å².